The van der Waals surface area contributed by atoms with E-state index in [-0.39, 0.29) is 5.91 Å². The van der Waals surface area contributed by atoms with Gasteiger partial charge in [0.05, 0.1) is 12.8 Å². The lowest BCUT2D eigenvalue weighted by atomic mass is 9.49. The van der Waals surface area contributed by atoms with Crippen LogP contribution in [0.5, 0.6) is 5.75 Å². The molecular formula is C37H44N6O2. The van der Waals surface area contributed by atoms with Crippen LogP contribution < -0.4 is 9.64 Å². The van der Waals surface area contributed by atoms with Crippen LogP contribution in [0.2, 0.25) is 0 Å². The molecule has 0 unspecified atom stereocenters. The molecule has 3 heterocycles. The van der Waals surface area contributed by atoms with E-state index in [0.29, 0.717) is 17.7 Å². The minimum atomic E-state index is -0.00496. The molecule has 3 aromatic rings. The fourth-order valence-electron chi connectivity index (χ4n) is 8.89. The van der Waals surface area contributed by atoms with Crippen molar-refractivity contribution in [2.24, 2.45) is 23.2 Å². The predicted molar refractivity (Wildman–Crippen MR) is 175 cm³/mol. The van der Waals surface area contributed by atoms with E-state index in [1.54, 1.807) is 12.4 Å². The van der Waals surface area contributed by atoms with Crippen LogP contribution in [0.1, 0.15) is 72.6 Å². The van der Waals surface area contributed by atoms with E-state index in [4.69, 9.17) is 4.74 Å². The lowest BCUT2D eigenvalue weighted by molar-refractivity contribution is -0.0629. The van der Waals surface area contributed by atoms with Crippen LogP contribution >= 0.6 is 0 Å². The number of amides is 1. The van der Waals surface area contributed by atoms with Gasteiger partial charge in [0.2, 0.25) is 0 Å². The number of piperazine rings is 1. The Balaban J connectivity index is 0.928. The second-order valence-corrected chi connectivity index (χ2v) is 13.9. The molecule has 8 heteroatoms. The molecule has 0 N–H and O–H groups in total. The molecule has 0 atom stereocenters. The summed E-state index contributed by atoms with van der Waals surface area (Å²) >= 11 is 0. The Labute approximate surface area is 267 Å². The van der Waals surface area contributed by atoms with Crippen molar-refractivity contribution in [3.8, 4) is 17.6 Å². The number of hydrogen-bond donors (Lipinski definition) is 0. The number of aromatic nitrogens is 3. The zero-order chi connectivity index (χ0) is 30.8. The van der Waals surface area contributed by atoms with E-state index >= 15 is 0 Å². The van der Waals surface area contributed by atoms with Crippen molar-refractivity contribution < 1.29 is 9.53 Å². The number of rotatable bonds is 8. The lowest BCUT2D eigenvalue weighted by Gasteiger charge is -2.57. The Bertz CT molecular complexity index is 1530. The Morgan fingerprint density at radius 2 is 1.69 bits per heavy atom. The minimum Gasteiger partial charge on any atom is -0.492 e. The van der Waals surface area contributed by atoms with Gasteiger partial charge in [-0.05, 0) is 98.4 Å². The molecule has 1 amide bonds. The first-order valence-corrected chi connectivity index (χ1v) is 16.7. The highest BCUT2D eigenvalue weighted by atomic mass is 16.5. The molecule has 234 valence electrons. The summed E-state index contributed by atoms with van der Waals surface area (Å²) < 4.78 is 5.56. The van der Waals surface area contributed by atoms with Gasteiger partial charge in [-0.2, -0.15) is 0 Å². The summed E-state index contributed by atoms with van der Waals surface area (Å²) in [5.74, 6) is 10.8. The SMILES string of the molecule is CCOc1cncc(C#Cc2ccccc2CN2CCN(c3ccc(C(=O)N(C)CC45CC6CC(CC(C6)C4)C5)nn3)CC2)c1. The molecule has 0 radical (unpaired) electrons. The number of benzene rings is 1. The van der Waals surface area contributed by atoms with Crippen LogP contribution in [0.25, 0.3) is 0 Å². The minimum absolute atomic E-state index is 0.00496. The van der Waals surface area contributed by atoms with Gasteiger partial charge in [-0.15, -0.1) is 10.2 Å². The van der Waals surface area contributed by atoms with Gasteiger partial charge in [0, 0.05) is 63.6 Å². The molecule has 2 aromatic heterocycles. The highest BCUT2D eigenvalue weighted by Crippen LogP contribution is 2.60. The first-order valence-electron chi connectivity index (χ1n) is 16.7. The highest BCUT2D eigenvalue weighted by Gasteiger charge is 2.51. The molecule has 1 aromatic carbocycles. The summed E-state index contributed by atoms with van der Waals surface area (Å²) in [5, 5.41) is 8.91. The maximum absolute atomic E-state index is 13.4. The highest BCUT2D eigenvalue weighted by molar-refractivity contribution is 5.92. The number of carbonyl (C=O) groups excluding carboxylic acids is 1. The van der Waals surface area contributed by atoms with E-state index in [0.717, 1.165) is 79.7 Å². The molecule has 1 aliphatic heterocycles. The maximum Gasteiger partial charge on any atom is 0.274 e. The van der Waals surface area contributed by atoms with Gasteiger partial charge in [-0.3, -0.25) is 14.7 Å². The van der Waals surface area contributed by atoms with Crippen molar-refractivity contribution in [2.45, 2.75) is 52.0 Å². The van der Waals surface area contributed by atoms with E-state index in [1.807, 2.05) is 43.1 Å². The molecular weight excluding hydrogens is 560 g/mol. The monoisotopic (exact) mass is 604 g/mol. The van der Waals surface area contributed by atoms with E-state index in [2.05, 4.69) is 55.0 Å². The third-order valence-corrected chi connectivity index (χ3v) is 10.4. The maximum atomic E-state index is 13.4. The molecule has 45 heavy (non-hydrogen) atoms. The van der Waals surface area contributed by atoms with Crippen molar-refractivity contribution in [3.63, 3.8) is 0 Å². The van der Waals surface area contributed by atoms with Gasteiger partial charge in [-0.25, -0.2) is 0 Å². The summed E-state index contributed by atoms with van der Waals surface area (Å²) in [4.78, 5) is 24.3. The molecule has 5 fully saturated rings. The van der Waals surface area contributed by atoms with Crippen LogP contribution in [-0.4, -0.2) is 77.3 Å². The van der Waals surface area contributed by atoms with Crippen LogP contribution in [-0.2, 0) is 6.54 Å². The first-order chi connectivity index (χ1) is 21.9. The zero-order valence-electron chi connectivity index (χ0n) is 26.6. The Hall–Kier alpha value is -3.96. The molecule has 8 nitrogen and oxygen atoms in total. The average molecular weight is 605 g/mol. The number of hydrogen-bond acceptors (Lipinski definition) is 7. The third kappa shape index (κ3) is 6.69. The summed E-state index contributed by atoms with van der Waals surface area (Å²) in [6, 6.07) is 14.1. The summed E-state index contributed by atoms with van der Waals surface area (Å²) in [5.41, 5.74) is 3.86. The summed E-state index contributed by atoms with van der Waals surface area (Å²) in [6.45, 7) is 7.80. The van der Waals surface area contributed by atoms with Gasteiger partial charge in [0.25, 0.3) is 5.91 Å². The number of ether oxygens (including phenoxy) is 1. The Morgan fingerprint density at radius 1 is 0.956 bits per heavy atom. The first kappa shape index (κ1) is 29.7. The fraction of sp³-hybridized carbons (Fsp3) is 0.514. The third-order valence-electron chi connectivity index (χ3n) is 10.4. The van der Waals surface area contributed by atoms with Crippen molar-refractivity contribution >= 4 is 11.7 Å². The largest absolute Gasteiger partial charge is 0.492 e. The standard InChI is InChI=1S/C37H44N6O2/c1-3-45-33-19-27(23-38-24-33)8-9-31-6-4-5-7-32(31)25-42-12-14-43(15-13-42)35-11-10-34(39-40-35)36(44)41(2)26-37-20-28-16-29(21-37)18-30(17-28)22-37/h4-7,10-11,19,23-24,28-30H,3,12-18,20-22,25-26H2,1-2H3. The number of anilines is 1. The van der Waals surface area contributed by atoms with Gasteiger partial charge in [-0.1, -0.05) is 30.0 Å². The molecule has 1 saturated heterocycles. The van der Waals surface area contributed by atoms with Crippen molar-refractivity contribution in [1.29, 1.82) is 0 Å². The second kappa shape index (κ2) is 12.8. The van der Waals surface area contributed by atoms with E-state index in [9.17, 15) is 4.79 Å². The molecule has 4 saturated carbocycles. The Morgan fingerprint density at radius 3 is 2.38 bits per heavy atom. The number of pyridine rings is 1. The summed E-state index contributed by atoms with van der Waals surface area (Å²) in [7, 11) is 1.95. The number of nitrogens with zero attached hydrogens (tertiary/aromatic N) is 6. The second-order valence-electron chi connectivity index (χ2n) is 13.9. The fourth-order valence-corrected chi connectivity index (χ4v) is 8.89. The van der Waals surface area contributed by atoms with E-state index < -0.39 is 0 Å². The van der Waals surface area contributed by atoms with Crippen molar-refractivity contribution in [2.75, 3.05) is 51.3 Å². The number of carbonyl (C=O) groups is 1. The zero-order valence-corrected chi connectivity index (χ0v) is 26.6. The topological polar surface area (TPSA) is 74.7 Å². The normalized spacial score (nSPS) is 25.5. The van der Waals surface area contributed by atoms with Crippen LogP contribution in [0, 0.1) is 35.0 Å². The lowest BCUT2D eigenvalue weighted by Crippen LogP contribution is -2.51. The van der Waals surface area contributed by atoms with Crippen LogP contribution in [0.15, 0.2) is 54.9 Å². The quantitative estimate of drug-likeness (QED) is 0.324. The summed E-state index contributed by atoms with van der Waals surface area (Å²) in [6.07, 6.45) is 11.6. The van der Waals surface area contributed by atoms with Gasteiger partial charge in [0.1, 0.15) is 5.75 Å². The Kier molecular flexibility index (Phi) is 8.46. The van der Waals surface area contributed by atoms with Gasteiger partial charge >= 0.3 is 0 Å². The molecule has 4 bridgehead atoms. The van der Waals surface area contributed by atoms with Crippen molar-refractivity contribution in [1.82, 2.24) is 25.0 Å². The van der Waals surface area contributed by atoms with Crippen LogP contribution in [0.3, 0.4) is 0 Å². The average Bonchev–Trinajstić information content (AvgIpc) is 3.04. The molecule has 8 rings (SSSR count). The van der Waals surface area contributed by atoms with Crippen molar-refractivity contribution in [3.05, 3.63) is 77.2 Å². The predicted octanol–water partition coefficient (Wildman–Crippen LogP) is 5.28. The van der Waals surface area contributed by atoms with Gasteiger partial charge < -0.3 is 14.5 Å². The molecule has 0 spiro atoms. The smallest absolute Gasteiger partial charge is 0.274 e. The van der Waals surface area contributed by atoms with E-state index in [1.165, 1.54) is 44.1 Å². The molecule has 4 aliphatic carbocycles. The van der Waals surface area contributed by atoms with Gasteiger partial charge in [0.15, 0.2) is 11.5 Å². The molecule has 5 aliphatic rings. The van der Waals surface area contributed by atoms with Crippen LogP contribution in [0.4, 0.5) is 5.82 Å².